The first-order valence-electron chi connectivity index (χ1n) is 5.10. The molecule has 1 heterocycles. The van der Waals surface area contributed by atoms with Crippen molar-refractivity contribution in [2.45, 2.75) is 12.3 Å². The van der Waals surface area contributed by atoms with Gasteiger partial charge in [-0.1, -0.05) is 35.1 Å². The number of rotatable bonds is 4. The molecule has 1 aromatic carbocycles. The maximum Gasteiger partial charge on any atom is 0.230 e. The van der Waals surface area contributed by atoms with Crippen molar-refractivity contribution in [2.75, 3.05) is 5.32 Å². The predicted molar refractivity (Wildman–Crippen MR) is 73.3 cm³/mol. The molecule has 94 valence electrons. The number of nitrogens with one attached hydrogen (secondary N) is 1. The van der Waals surface area contributed by atoms with Crippen molar-refractivity contribution in [3.63, 3.8) is 0 Å². The third-order valence-electron chi connectivity index (χ3n) is 2.11. The molecule has 0 radical (unpaired) electrons. The number of aromatic nitrogens is 2. The molecule has 1 amide bonds. The smallest absolute Gasteiger partial charge is 0.230 e. The van der Waals surface area contributed by atoms with E-state index in [0.717, 1.165) is 5.56 Å². The van der Waals surface area contributed by atoms with Gasteiger partial charge in [-0.05, 0) is 17.7 Å². The molecule has 18 heavy (non-hydrogen) atoms. The van der Waals surface area contributed by atoms with Crippen molar-refractivity contribution in [2.24, 2.45) is 0 Å². The maximum absolute atomic E-state index is 11.7. The van der Waals surface area contributed by atoms with Crippen LogP contribution >= 0.6 is 34.5 Å². The topological polar surface area (TPSA) is 54.9 Å². The van der Waals surface area contributed by atoms with Crippen molar-refractivity contribution >= 4 is 45.6 Å². The van der Waals surface area contributed by atoms with Gasteiger partial charge < -0.3 is 5.32 Å². The van der Waals surface area contributed by atoms with Crippen LogP contribution in [0.2, 0.25) is 5.02 Å². The lowest BCUT2D eigenvalue weighted by Gasteiger charge is -2.01. The van der Waals surface area contributed by atoms with E-state index in [9.17, 15) is 4.79 Å². The van der Waals surface area contributed by atoms with Crippen LogP contribution in [-0.4, -0.2) is 16.1 Å². The second-order valence-corrected chi connectivity index (χ2v) is 5.25. The fourth-order valence-corrected chi connectivity index (χ4v) is 2.26. The molecular weight excluding hydrogens is 293 g/mol. The molecule has 0 spiro atoms. The summed E-state index contributed by atoms with van der Waals surface area (Å²) in [5.74, 6) is 0.152. The Morgan fingerprint density at radius 1 is 1.28 bits per heavy atom. The van der Waals surface area contributed by atoms with E-state index in [1.165, 1.54) is 11.3 Å². The average Bonchev–Trinajstić information content (AvgIpc) is 2.79. The van der Waals surface area contributed by atoms with E-state index in [-0.39, 0.29) is 12.3 Å². The third-order valence-corrected chi connectivity index (χ3v) is 3.61. The van der Waals surface area contributed by atoms with Gasteiger partial charge in [0.15, 0.2) is 0 Å². The van der Waals surface area contributed by atoms with Gasteiger partial charge in [0.25, 0.3) is 0 Å². The predicted octanol–water partition coefficient (Wildman–Crippen LogP) is 3.11. The van der Waals surface area contributed by atoms with E-state index in [2.05, 4.69) is 15.5 Å². The van der Waals surface area contributed by atoms with Crippen LogP contribution in [0.4, 0.5) is 5.13 Å². The molecule has 0 fully saturated rings. The summed E-state index contributed by atoms with van der Waals surface area (Å²) < 4.78 is 0. The monoisotopic (exact) mass is 301 g/mol. The summed E-state index contributed by atoms with van der Waals surface area (Å²) in [4.78, 5) is 11.7. The van der Waals surface area contributed by atoms with Gasteiger partial charge in [-0.25, -0.2) is 0 Å². The second-order valence-electron chi connectivity index (χ2n) is 3.49. The number of halogens is 2. The van der Waals surface area contributed by atoms with E-state index in [4.69, 9.17) is 23.2 Å². The lowest BCUT2D eigenvalue weighted by Crippen LogP contribution is -2.14. The van der Waals surface area contributed by atoms with Crippen molar-refractivity contribution < 1.29 is 4.79 Å². The van der Waals surface area contributed by atoms with Crippen LogP contribution in [0.25, 0.3) is 0 Å². The van der Waals surface area contributed by atoms with Crippen LogP contribution in [0.1, 0.15) is 10.6 Å². The maximum atomic E-state index is 11.7. The Morgan fingerprint density at radius 2 is 2.00 bits per heavy atom. The highest BCUT2D eigenvalue weighted by molar-refractivity contribution is 7.15. The van der Waals surface area contributed by atoms with Gasteiger partial charge in [0.2, 0.25) is 11.0 Å². The minimum Gasteiger partial charge on any atom is -0.300 e. The highest BCUT2D eigenvalue weighted by Gasteiger charge is 2.08. The number of carbonyl (C=O) groups is 1. The van der Waals surface area contributed by atoms with E-state index in [0.29, 0.717) is 21.0 Å². The van der Waals surface area contributed by atoms with Crippen molar-refractivity contribution in [3.8, 4) is 0 Å². The van der Waals surface area contributed by atoms with E-state index in [1.54, 1.807) is 12.1 Å². The van der Waals surface area contributed by atoms with Crippen molar-refractivity contribution in [3.05, 3.63) is 39.9 Å². The lowest BCUT2D eigenvalue weighted by molar-refractivity contribution is -0.115. The first-order chi connectivity index (χ1) is 8.67. The van der Waals surface area contributed by atoms with E-state index in [1.807, 2.05) is 12.1 Å². The van der Waals surface area contributed by atoms with Gasteiger partial charge in [-0.3, -0.25) is 4.79 Å². The SMILES string of the molecule is O=C(Cc1ccc(Cl)cc1)Nc1nnc(CCl)s1. The van der Waals surface area contributed by atoms with Gasteiger partial charge >= 0.3 is 0 Å². The second kappa shape index (κ2) is 6.13. The van der Waals surface area contributed by atoms with Crippen LogP contribution in [0.5, 0.6) is 0 Å². The first-order valence-corrected chi connectivity index (χ1v) is 6.83. The molecule has 2 aromatic rings. The van der Waals surface area contributed by atoms with Gasteiger partial charge in [0, 0.05) is 5.02 Å². The molecule has 7 heteroatoms. The number of hydrogen-bond donors (Lipinski definition) is 1. The average molecular weight is 302 g/mol. The molecule has 1 aromatic heterocycles. The summed E-state index contributed by atoms with van der Waals surface area (Å²) in [7, 11) is 0. The molecule has 0 unspecified atom stereocenters. The Bertz CT molecular complexity index is 541. The minimum absolute atomic E-state index is 0.144. The third kappa shape index (κ3) is 3.66. The first kappa shape index (κ1) is 13.3. The summed E-state index contributed by atoms with van der Waals surface area (Å²) in [5, 5.41) is 12.1. The number of anilines is 1. The fraction of sp³-hybridized carbons (Fsp3) is 0.182. The zero-order valence-corrected chi connectivity index (χ0v) is 11.5. The fourth-order valence-electron chi connectivity index (χ4n) is 1.31. The van der Waals surface area contributed by atoms with Crippen molar-refractivity contribution in [1.82, 2.24) is 10.2 Å². The normalized spacial score (nSPS) is 10.3. The highest BCUT2D eigenvalue weighted by Crippen LogP contribution is 2.17. The summed E-state index contributed by atoms with van der Waals surface area (Å²) in [6.07, 6.45) is 0.271. The zero-order chi connectivity index (χ0) is 13.0. The zero-order valence-electron chi connectivity index (χ0n) is 9.19. The Hall–Kier alpha value is -1.17. The number of amides is 1. The van der Waals surface area contributed by atoms with Crippen LogP contribution in [0, 0.1) is 0 Å². The molecule has 0 saturated heterocycles. The summed E-state index contributed by atoms with van der Waals surface area (Å²) in [5.41, 5.74) is 0.888. The summed E-state index contributed by atoms with van der Waals surface area (Å²) in [6.45, 7) is 0. The number of nitrogens with zero attached hydrogens (tertiary/aromatic N) is 2. The summed E-state index contributed by atoms with van der Waals surface area (Å²) in [6, 6.07) is 7.12. The Balaban J connectivity index is 1.94. The molecule has 0 bridgehead atoms. The van der Waals surface area contributed by atoms with E-state index < -0.39 is 0 Å². The van der Waals surface area contributed by atoms with Crippen LogP contribution < -0.4 is 5.32 Å². The molecule has 0 aliphatic carbocycles. The Morgan fingerprint density at radius 3 is 2.61 bits per heavy atom. The van der Waals surface area contributed by atoms with Gasteiger partial charge in [0.1, 0.15) is 5.01 Å². The van der Waals surface area contributed by atoms with Crippen LogP contribution in [0.15, 0.2) is 24.3 Å². The Labute approximate surface area is 118 Å². The molecule has 2 rings (SSSR count). The van der Waals surface area contributed by atoms with Crippen LogP contribution in [-0.2, 0) is 17.1 Å². The van der Waals surface area contributed by atoms with E-state index >= 15 is 0 Å². The van der Waals surface area contributed by atoms with Gasteiger partial charge in [-0.2, -0.15) is 0 Å². The molecular formula is C11H9Cl2N3OS. The van der Waals surface area contributed by atoms with Crippen molar-refractivity contribution in [1.29, 1.82) is 0 Å². The summed E-state index contributed by atoms with van der Waals surface area (Å²) >= 11 is 12.6. The molecule has 1 N–H and O–H groups in total. The molecule has 0 aliphatic rings. The Kier molecular flexibility index (Phi) is 4.52. The molecule has 0 saturated carbocycles. The minimum atomic E-state index is -0.144. The largest absolute Gasteiger partial charge is 0.300 e. The number of benzene rings is 1. The van der Waals surface area contributed by atoms with Gasteiger partial charge in [0.05, 0.1) is 12.3 Å². The number of hydrogen-bond acceptors (Lipinski definition) is 4. The molecule has 4 nitrogen and oxygen atoms in total. The number of alkyl halides is 1. The van der Waals surface area contributed by atoms with Crippen LogP contribution in [0.3, 0.4) is 0 Å². The lowest BCUT2D eigenvalue weighted by atomic mass is 10.1. The molecule has 0 aliphatic heterocycles. The quantitative estimate of drug-likeness (QED) is 0.883. The highest BCUT2D eigenvalue weighted by atomic mass is 35.5. The molecule has 0 atom stereocenters. The standard InChI is InChI=1S/C11H9Cl2N3OS/c12-6-10-15-16-11(18-10)14-9(17)5-7-1-3-8(13)4-2-7/h1-4H,5-6H2,(H,14,16,17). The number of carbonyl (C=O) groups excluding carboxylic acids is 1. The van der Waals surface area contributed by atoms with Gasteiger partial charge in [-0.15, -0.1) is 21.8 Å².